The zero-order chi connectivity index (χ0) is 13.1. The molecular formula is C13H8Br4O. The lowest BCUT2D eigenvalue weighted by atomic mass is 10.2. The molecule has 0 atom stereocenters. The summed E-state index contributed by atoms with van der Waals surface area (Å²) >= 11 is 13.8. The molecule has 94 valence electrons. The number of hydrogen-bond donors (Lipinski definition) is 0. The number of rotatable bonds is 3. The zero-order valence-electron chi connectivity index (χ0n) is 9.09. The summed E-state index contributed by atoms with van der Waals surface area (Å²) in [5, 5.41) is 0.827. The summed E-state index contributed by atoms with van der Waals surface area (Å²) in [4.78, 5) is 0. The quantitative estimate of drug-likeness (QED) is 0.429. The van der Waals surface area contributed by atoms with Gasteiger partial charge in [0.05, 0.1) is 8.95 Å². The third kappa shape index (κ3) is 3.59. The van der Waals surface area contributed by atoms with E-state index in [1.54, 1.807) is 0 Å². The highest BCUT2D eigenvalue weighted by molar-refractivity contribution is 9.11. The lowest BCUT2D eigenvalue weighted by Crippen LogP contribution is -1.88. The maximum absolute atomic E-state index is 5.86. The van der Waals surface area contributed by atoms with Crippen molar-refractivity contribution < 1.29 is 4.74 Å². The highest BCUT2D eigenvalue weighted by Crippen LogP contribution is 2.35. The monoisotopic (exact) mass is 496 g/mol. The van der Waals surface area contributed by atoms with Crippen LogP contribution in [0.1, 0.15) is 5.56 Å². The van der Waals surface area contributed by atoms with Gasteiger partial charge in [0.2, 0.25) is 0 Å². The smallest absolute Gasteiger partial charge is 0.141 e. The minimum Gasteiger partial charge on any atom is -0.455 e. The van der Waals surface area contributed by atoms with Crippen LogP contribution in [-0.4, -0.2) is 0 Å². The average Bonchev–Trinajstić information content (AvgIpc) is 2.34. The first kappa shape index (κ1) is 14.6. The molecule has 2 aromatic carbocycles. The summed E-state index contributed by atoms with van der Waals surface area (Å²) in [6.45, 7) is 0. The van der Waals surface area contributed by atoms with Crippen LogP contribution in [-0.2, 0) is 5.33 Å². The van der Waals surface area contributed by atoms with Crippen LogP contribution in [0, 0.1) is 0 Å². The van der Waals surface area contributed by atoms with Gasteiger partial charge in [0.1, 0.15) is 11.5 Å². The van der Waals surface area contributed by atoms with E-state index >= 15 is 0 Å². The molecule has 5 heteroatoms. The van der Waals surface area contributed by atoms with Crippen LogP contribution in [0.5, 0.6) is 11.5 Å². The van der Waals surface area contributed by atoms with Crippen LogP contribution in [0.25, 0.3) is 0 Å². The Bertz CT molecular complexity index is 569. The molecule has 0 unspecified atom stereocenters. The van der Waals surface area contributed by atoms with Gasteiger partial charge in [0.15, 0.2) is 0 Å². The van der Waals surface area contributed by atoms with Gasteiger partial charge in [-0.2, -0.15) is 0 Å². The number of halogens is 4. The molecule has 0 amide bonds. The molecule has 1 nitrogen and oxygen atoms in total. The van der Waals surface area contributed by atoms with Crippen molar-refractivity contribution in [1.82, 2.24) is 0 Å². The van der Waals surface area contributed by atoms with Gasteiger partial charge in [0.25, 0.3) is 0 Å². The molecule has 0 aromatic heterocycles. The van der Waals surface area contributed by atoms with Crippen molar-refractivity contribution in [2.24, 2.45) is 0 Å². The highest BCUT2D eigenvalue weighted by atomic mass is 79.9. The lowest BCUT2D eigenvalue weighted by molar-refractivity contribution is 0.476. The molecule has 2 aromatic rings. The van der Waals surface area contributed by atoms with E-state index in [9.17, 15) is 0 Å². The van der Waals surface area contributed by atoms with Crippen molar-refractivity contribution in [3.63, 3.8) is 0 Å². The third-order valence-corrected chi connectivity index (χ3v) is 4.64. The van der Waals surface area contributed by atoms with E-state index in [0.717, 1.165) is 30.2 Å². The van der Waals surface area contributed by atoms with Crippen molar-refractivity contribution in [2.45, 2.75) is 5.33 Å². The predicted octanol–water partition coefficient (Wildman–Crippen LogP) is 6.66. The standard InChI is InChI=1S/C13H8Br4O/c14-7-8-1-3-12(10(16)5-8)18-13-4-2-9(15)6-11(13)17/h1-6H,7H2. The van der Waals surface area contributed by atoms with E-state index < -0.39 is 0 Å². The van der Waals surface area contributed by atoms with Gasteiger partial charge in [-0.1, -0.05) is 37.9 Å². The van der Waals surface area contributed by atoms with E-state index in [-0.39, 0.29) is 0 Å². The normalized spacial score (nSPS) is 10.4. The van der Waals surface area contributed by atoms with Gasteiger partial charge in [-0.05, 0) is 67.8 Å². The second-order valence-electron chi connectivity index (χ2n) is 3.58. The van der Waals surface area contributed by atoms with Gasteiger partial charge in [-0.15, -0.1) is 0 Å². The first-order valence-corrected chi connectivity index (χ1v) is 8.57. The largest absolute Gasteiger partial charge is 0.455 e. The SMILES string of the molecule is BrCc1ccc(Oc2ccc(Br)cc2Br)c(Br)c1. The number of hydrogen-bond acceptors (Lipinski definition) is 1. The van der Waals surface area contributed by atoms with Crippen molar-refractivity contribution >= 4 is 63.7 Å². The van der Waals surface area contributed by atoms with Crippen LogP contribution < -0.4 is 4.74 Å². The predicted molar refractivity (Wildman–Crippen MR) is 88.7 cm³/mol. The molecule has 0 aliphatic heterocycles. The number of benzene rings is 2. The van der Waals surface area contributed by atoms with Crippen molar-refractivity contribution in [1.29, 1.82) is 0 Å². The van der Waals surface area contributed by atoms with Crippen molar-refractivity contribution in [3.8, 4) is 11.5 Å². The molecule has 2 rings (SSSR count). The van der Waals surface area contributed by atoms with Gasteiger partial charge >= 0.3 is 0 Å². The molecule has 0 spiro atoms. The van der Waals surface area contributed by atoms with E-state index in [4.69, 9.17) is 4.74 Å². The zero-order valence-corrected chi connectivity index (χ0v) is 15.4. The van der Waals surface area contributed by atoms with Gasteiger partial charge < -0.3 is 4.74 Å². The maximum atomic E-state index is 5.86. The Morgan fingerprint density at radius 2 is 1.44 bits per heavy atom. The molecule has 0 heterocycles. The molecule has 0 aliphatic rings. The Hall–Kier alpha value is 0.160. The van der Waals surface area contributed by atoms with E-state index in [1.165, 1.54) is 5.56 Å². The fraction of sp³-hybridized carbons (Fsp3) is 0.0769. The van der Waals surface area contributed by atoms with Crippen LogP contribution >= 0.6 is 63.7 Å². The highest BCUT2D eigenvalue weighted by Gasteiger charge is 2.07. The molecule has 0 aliphatic carbocycles. The summed E-state index contributed by atoms with van der Waals surface area (Å²) in [5.41, 5.74) is 1.20. The van der Waals surface area contributed by atoms with Crippen LogP contribution in [0.15, 0.2) is 49.8 Å². The van der Waals surface area contributed by atoms with E-state index in [0.29, 0.717) is 0 Å². The summed E-state index contributed by atoms with van der Waals surface area (Å²) in [6.07, 6.45) is 0. The molecular weight excluding hydrogens is 492 g/mol. The van der Waals surface area contributed by atoms with Crippen LogP contribution in [0.3, 0.4) is 0 Å². The average molecular weight is 500 g/mol. The Labute approximate surface area is 139 Å². The topological polar surface area (TPSA) is 9.23 Å². The van der Waals surface area contributed by atoms with Gasteiger partial charge in [-0.3, -0.25) is 0 Å². The van der Waals surface area contributed by atoms with Gasteiger partial charge in [0, 0.05) is 9.80 Å². The molecule has 0 saturated heterocycles. The fourth-order valence-corrected chi connectivity index (χ4v) is 3.37. The lowest BCUT2D eigenvalue weighted by Gasteiger charge is -2.10. The van der Waals surface area contributed by atoms with E-state index in [2.05, 4.69) is 63.7 Å². The minimum atomic E-state index is 0.783. The first-order valence-electron chi connectivity index (χ1n) is 5.07. The first-order chi connectivity index (χ1) is 8.60. The second-order valence-corrected chi connectivity index (χ2v) is 6.76. The number of ether oxygens (including phenoxy) is 1. The molecule has 0 saturated carbocycles. The molecule has 0 bridgehead atoms. The van der Waals surface area contributed by atoms with Crippen molar-refractivity contribution in [2.75, 3.05) is 0 Å². The minimum absolute atomic E-state index is 0.783. The Kier molecular flexibility index (Phi) is 5.30. The summed E-state index contributed by atoms with van der Waals surface area (Å²) in [6, 6.07) is 11.8. The Morgan fingerprint density at radius 1 is 0.833 bits per heavy atom. The van der Waals surface area contributed by atoms with Crippen molar-refractivity contribution in [3.05, 3.63) is 55.4 Å². The molecule has 0 radical (unpaired) electrons. The van der Waals surface area contributed by atoms with Crippen LogP contribution in [0.2, 0.25) is 0 Å². The second kappa shape index (κ2) is 6.55. The summed E-state index contributed by atoms with van der Waals surface area (Å²) < 4.78 is 8.72. The van der Waals surface area contributed by atoms with E-state index in [1.807, 2.05) is 36.4 Å². The summed E-state index contributed by atoms with van der Waals surface area (Å²) in [5.74, 6) is 1.58. The fourth-order valence-electron chi connectivity index (χ4n) is 1.39. The molecule has 0 fully saturated rings. The Balaban J connectivity index is 2.28. The Morgan fingerprint density at radius 3 is 2.00 bits per heavy atom. The summed E-state index contributed by atoms with van der Waals surface area (Å²) in [7, 11) is 0. The van der Waals surface area contributed by atoms with Crippen LogP contribution in [0.4, 0.5) is 0 Å². The third-order valence-electron chi connectivity index (χ3n) is 2.26. The number of alkyl halides is 1. The molecule has 18 heavy (non-hydrogen) atoms. The molecule has 0 N–H and O–H groups in total. The van der Waals surface area contributed by atoms with Gasteiger partial charge in [-0.25, -0.2) is 0 Å². The maximum Gasteiger partial charge on any atom is 0.141 e.